The van der Waals surface area contributed by atoms with Crippen molar-refractivity contribution in [3.63, 3.8) is 0 Å². The highest BCUT2D eigenvalue weighted by atomic mass is 19.1. The number of nitriles is 1. The first-order valence-corrected chi connectivity index (χ1v) is 9.26. The first-order chi connectivity index (χ1) is 12.5. The Balaban J connectivity index is 1.62. The number of carboxylic acid groups (broad SMARTS) is 1. The number of halogens is 1. The maximum Gasteiger partial charge on any atom is 0.407 e. The summed E-state index contributed by atoms with van der Waals surface area (Å²) in [4.78, 5) is 19.4. The van der Waals surface area contributed by atoms with E-state index in [9.17, 15) is 19.6 Å². The van der Waals surface area contributed by atoms with Crippen LogP contribution < -0.4 is 0 Å². The average molecular weight is 360 g/mol. The molecule has 0 spiro atoms. The normalized spacial score (nSPS) is 29.3. The van der Waals surface area contributed by atoms with Crippen molar-refractivity contribution in [1.29, 1.82) is 5.26 Å². The number of hydrogen-bond acceptors (Lipinski definition) is 4. The summed E-state index contributed by atoms with van der Waals surface area (Å²) in [5, 5.41) is 19.1. The van der Waals surface area contributed by atoms with Crippen LogP contribution in [-0.4, -0.2) is 57.7 Å². The van der Waals surface area contributed by atoms with Crippen molar-refractivity contribution in [3.8, 4) is 6.07 Å². The van der Waals surface area contributed by atoms with E-state index in [-0.39, 0.29) is 6.04 Å². The largest absolute Gasteiger partial charge is 0.465 e. The van der Waals surface area contributed by atoms with Crippen LogP contribution >= 0.6 is 0 Å². The molecule has 2 fully saturated rings. The van der Waals surface area contributed by atoms with Gasteiger partial charge in [-0.15, -0.1) is 0 Å². The summed E-state index contributed by atoms with van der Waals surface area (Å²) in [6, 6.07) is 5.84. The summed E-state index contributed by atoms with van der Waals surface area (Å²) in [6.07, 6.45) is 4.33. The molecule has 0 unspecified atom stereocenters. The van der Waals surface area contributed by atoms with Gasteiger partial charge in [0.05, 0.1) is 23.4 Å². The first kappa shape index (κ1) is 18.6. The van der Waals surface area contributed by atoms with Crippen molar-refractivity contribution in [2.75, 3.05) is 19.6 Å². The van der Waals surface area contributed by atoms with Crippen LogP contribution in [0.3, 0.4) is 0 Å². The van der Waals surface area contributed by atoms with E-state index in [0.29, 0.717) is 31.1 Å². The third-order valence-corrected chi connectivity index (χ3v) is 5.98. The van der Waals surface area contributed by atoms with Crippen LogP contribution in [0.25, 0.3) is 0 Å². The topological polar surface area (TPSA) is 80.5 Å². The van der Waals surface area contributed by atoms with Crippen molar-refractivity contribution in [2.24, 2.45) is 0 Å². The molecule has 7 heteroatoms. The van der Waals surface area contributed by atoms with E-state index in [4.69, 9.17) is 0 Å². The highest BCUT2D eigenvalue weighted by Crippen LogP contribution is 2.40. The van der Waals surface area contributed by atoms with Crippen molar-refractivity contribution in [3.05, 3.63) is 29.8 Å². The smallest absolute Gasteiger partial charge is 0.407 e. The lowest BCUT2D eigenvalue weighted by atomic mass is 9.71. The van der Waals surface area contributed by atoms with E-state index in [2.05, 4.69) is 16.0 Å². The van der Waals surface area contributed by atoms with Gasteiger partial charge in [-0.05, 0) is 51.2 Å². The van der Waals surface area contributed by atoms with Gasteiger partial charge in [0.25, 0.3) is 0 Å². The monoisotopic (exact) mass is 360 g/mol. The molecule has 1 aliphatic heterocycles. The molecule has 1 aliphatic carbocycles. The Morgan fingerprint density at radius 2 is 2.19 bits per heavy atom. The molecule has 140 valence electrons. The highest BCUT2D eigenvalue weighted by Gasteiger charge is 2.41. The molecule has 3 rings (SSSR count). The molecule has 1 N–H and O–H groups in total. The van der Waals surface area contributed by atoms with Crippen LogP contribution in [0.5, 0.6) is 0 Å². The molecule has 1 saturated carbocycles. The molecule has 1 aromatic rings. The second-order valence-corrected chi connectivity index (χ2v) is 7.29. The summed E-state index contributed by atoms with van der Waals surface area (Å²) in [5.41, 5.74) is 0.0158. The summed E-state index contributed by atoms with van der Waals surface area (Å²) in [7, 11) is 0. The summed E-state index contributed by atoms with van der Waals surface area (Å²) in [5.74, 6) is -0.391. The molecule has 26 heavy (non-hydrogen) atoms. The Morgan fingerprint density at radius 3 is 2.73 bits per heavy atom. The molecule has 1 aromatic heterocycles. The van der Waals surface area contributed by atoms with Gasteiger partial charge in [0, 0.05) is 31.7 Å². The number of hydrogen-bond donors (Lipinski definition) is 1. The molecule has 0 aromatic carbocycles. The lowest BCUT2D eigenvalue weighted by molar-refractivity contribution is 0.118. The van der Waals surface area contributed by atoms with Crippen LogP contribution in [0.1, 0.15) is 44.7 Å². The second kappa shape index (κ2) is 7.58. The predicted molar refractivity (Wildman–Crippen MR) is 94.1 cm³/mol. The summed E-state index contributed by atoms with van der Waals surface area (Å²) in [6.45, 7) is 4.03. The predicted octanol–water partition coefficient (Wildman–Crippen LogP) is 3.00. The molecule has 6 nitrogen and oxygen atoms in total. The molecule has 2 heterocycles. The van der Waals surface area contributed by atoms with Crippen molar-refractivity contribution >= 4 is 6.09 Å². The molecule has 0 bridgehead atoms. The van der Waals surface area contributed by atoms with E-state index in [0.717, 1.165) is 32.4 Å². The third-order valence-electron chi connectivity index (χ3n) is 5.98. The van der Waals surface area contributed by atoms with Gasteiger partial charge in [0.15, 0.2) is 0 Å². The lowest BCUT2D eigenvalue weighted by Crippen LogP contribution is -2.44. The quantitative estimate of drug-likeness (QED) is 0.893. The Morgan fingerprint density at radius 1 is 1.46 bits per heavy atom. The van der Waals surface area contributed by atoms with Gasteiger partial charge in [-0.25, -0.2) is 9.18 Å². The van der Waals surface area contributed by atoms with Gasteiger partial charge in [0.2, 0.25) is 0 Å². The minimum absolute atomic E-state index is 0.0546. The van der Waals surface area contributed by atoms with Crippen molar-refractivity contribution < 1.29 is 14.3 Å². The number of nitrogens with zero attached hydrogens (tertiary/aromatic N) is 4. The number of carbonyl (C=O) groups is 1. The Kier molecular flexibility index (Phi) is 5.42. The van der Waals surface area contributed by atoms with E-state index in [1.165, 1.54) is 17.2 Å². The second-order valence-electron chi connectivity index (χ2n) is 7.29. The Hall–Kier alpha value is -2.20. The van der Waals surface area contributed by atoms with Crippen LogP contribution in [0.2, 0.25) is 0 Å². The Bertz CT molecular complexity index is 680. The number of likely N-dealkylation sites (N-methyl/N-ethyl adjacent to an activating group) is 1. The maximum absolute atomic E-state index is 13.1. The zero-order valence-corrected chi connectivity index (χ0v) is 15.1. The van der Waals surface area contributed by atoms with Gasteiger partial charge in [-0.2, -0.15) is 5.26 Å². The zero-order valence-electron chi connectivity index (χ0n) is 15.1. The first-order valence-electron chi connectivity index (χ1n) is 9.26. The number of rotatable bonds is 4. The molecule has 1 saturated heterocycles. The van der Waals surface area contributed by atoms with E-state index < -0.39 is 17.3 Å². The molecule has 1 atom stereocenters. The highest BCUT2D eigenvalue weighted by molar-refractivity contribution is 5.65. The van der Waals surface area contributed by atoms with Gasteiger partial charge in [-0.1, -0.05) is 0 Å². The number of aromatic nitrogens is 1. The van der Waals surface area contributed by atoms with Crippen LogP contribution in [0.4, 0.5) is 9.18 Å². The molecular weight excluding hydrogens is 335 g/mol. The minimum Gasteiger partial charge on any atom is -0.465 e. The van der Waals surface area contributed by atoms with Crippen LogP contribution in [0, 0.1) is 17.1 Å². The Labute approximate surface area is 153 Å². The standard InChI is InChI=1S/C19H25FN4O2/c1-2-24(18(25)26)16-7-10-23(12-16)15-5-8-19(13-21,9-6-15)17-4-3-14(20)11-22-17/h3-4,11,15-16H,2,5-10,12H2,1H3,(H,25,26)/t15?,16-,19?/m0/s1. The fraction of sp³-hybridized carbons (Fsp3) is 0.632. The van der Waals surface area contributed by atoms with E-state index in [1.807, 2.05) is 6.92 Å². The molecular formula is C19H25FN4O2. The average Bonchev–Trinajstić information content (AvgIpc) is 3.12. The number of pyridine rings is 1. The number of likely N-dealkylation sites (tertiary alicyclic amines) is 1. The zero-order chi connectivity index (χ0) is 18.7. The maximum atomic E-state index is 13.1. The van der Waals surface area contributed by atoms with Crippen LogP contribution in [0.15, 0.2) is 18.3 Å². The molecule has 2 aliphatic rings. The fourth-order valence-electron chi connectivity index (χ4n) is 4.45. The van der Waals surface area contributed by atoms with Crippen molar-refractivity contribution in [1.82, 2.24) is 14.8 Å². The van der Waals surface area contributed by atoms with Gasteiger partial charge in [0.1, 0.15) is 5.82 Å². The lowest BCUT2D eigenvalue weighted by Gasteiger charge is -2.38. The van der Waals surface area contributed by atoms with E-state index >= 15 is 0 Å². The van der Waals surface area contributed by atoms with Crippen molar-refractivity contribution in [2.45, 2.75) is 56.5 Å². The third kappa shape index (κ3) is 3.51. The molecule has 0 radical (unpaired) electrons. The summed E-state index contributed by atoms with van der Waals surface area (Å²) >= 11 is 0. The fourth-order valence-corrected chi connectivity index (χ4v) is 4.45. The van der Waals surface area contributed by atoms with Crippen LogP contribution in [-0.2, 0) is 5.41 Å². The summed E-state index contributed by atoms with van der Waals surface area (Å²) < 4.78 is 13.1. The number of amides is 1. The van der Waals surface area contributed by atoms with E-state index in [1.54, 1.807) is 6.07 Å². The minimum atomic E-state index is -0.853. The molecule has 1 amide bonds. The van der Waals surface area contributed by atoms with Gasteiger partial charge in [-0.3, -0.25) is 9.88 Å². The van der Waals surface area contributed by atoms with Gasteiger partial charge >= 0.3 is 6.09 Å². The SMILES string of the molecule is CCN(C(=O)O)[C@H]1CCN(C2CCC(C#N)(c3ccc(F)cn3)CC2)C1. The van der Waals surface area contributed by atoms with Gasteiger partial charge < -0.3 is 10.0 Å².